The number of benzene rings is 2. The minimum atomic E-state index is -3.69. The highest BCUT2D eigenvalue weighted by molar-refractivity contribution is 5.97. The summed E-state index contributed by atoms with van der Waals surface area (Å²) in [5, 5.41) is 11.2. The van der Waals surface area contributed by atoms with Gasteiger partial charge in [0.2, 0.25) is 0 Å². The van der Waals surface area contributed by atoms with Gasteiger partial charge in [0.1, 0.15) is 11.8 Å². The summed E-state index contributed by atoms with van der Waals surface area (Å²) in [5.74, 6) is -5.60. The number of ether oxygens (including phenoxy) is 1. The van der Waals surface area contributed by atoms with Crippen LogP contribution < -0.4 is 10.1 Å². The molecule has 0 heterocycles. The van der Waals surface area contributed by atoms with Crippen molar-refractivity contribution in [3.63, 3.8) is 0 Å². The molecule has 0 radical (unpaired) electrons. The molecule has 2 aromatic carbocycles. The number of aromatic carboxylic acids is 1. The van der Waals surface area contributed by atoms with Gasteiger partial charge < -0.3 is 15.2 Å². The predicted molar refractivity (Wildman–Crippen MR) is 102 cm³/mol. The van der Waals surface area contributed by atoms with Gasteiger partial charge in [0, 0.05) is 5.56 Å². The number of carbonyl (C=O) groups is 2. The van der Waals surface area contributed by atoms with Crippen LogP contribution in [0.1, 0.15) is 62.8 Å². The lowest BCUT2D eigenvalue weighted by atomic mass is 9.96. The van der Waals surface area contributed by atoms with Crippen molar-refractivity contribution in [2.24, 2.45) is 0 Å². The van der Waals surface area contributed by atoms with Crippen molar-refractivity contribution in [3.05, 3.63) is 64.2 Å². The van der Waals surface area contributed by atoms with Gasteiger partial charge in [-0.25, -0.2) is 9.18 Å². The first-order chi connectivity index (χ1) is 14.2. The minimum absolute atomic E-state index is 0.0295. The zero-order valence-electron chi connectivity index (χ0n) is 16.1. The van der Waals surface area contributed by atoms with Gasteiger partial charge in [-0.2, -0.15) is 8.78 Å². The molecule has 30 heavy (non-hydrogen) atoms. The molecule has 2 atom stereocenters. The Labute approximate surface area is 170 Å². The average Bonchev–Trinajstić information content (AvgIpc) is 2.85. The first-order valence-corrected chi connectivity index (χ1v) is 9.67. The van der Waals surface area contributed by atoms with Crippen LogP contribution in [0.25, 0.3) is 0 Å². The largest absolute Gasteiger partial charge is 0.489 e. The number of halogens is 3. The Kier molecular flexibility index (Phi) is 4.95. The van der Waals surface area contributed by atoms with Crippen molar-refractivity contribution in [2.45, 2.75) is 50.4 Å². The Balaban J connectivity index is 1.62. The number of carboxylic acids is 1. The normalized spacial score (nSPS) is 22.1. The molecular weight excluding hydrogens is 399 g/mol. The highest BCUT2D eigenvalue weighted by atomic mass is 19.3. The summed E-state index contributed by atoms with van der Waals surface area (Å²) < 4.78 is 50.6. The van der Waals surface area contributed by atoms with Crippen molar-refractivity contribution < 1.29 is 32.6 Å². The molecule has 2 unspecified atom stereocenters. The minimum Gasteiger partial charge on any atom is -0.489 e. The Hall–Kier alpha value is -3.03. The molecule has 2 aliphatic carbocycles. The standard InChI is InChI=1S/C22H20F3NO4/c1-11-4-2-7-14(18(11)30-13-5-3-6-13)20(27)26-19-17(23)15-10-12(21(28)29)8-9-16(15)22(19,24)25/h2,4,7-10,13,17,19H,3,5-6H2,1H3,(H,26,27)(H,28,29). The number of fused-ring (bicyclic) bond motifs is 1. The second-order valence-electron chi connectivity index (χ2n) is 7.71. The van der Waals surface area contributed by atoms with Gasteiger partial charge in [0.15, 0.2) is 6.17 Å². The van der Waals surface area contributed by atoms with Gasteiger partial charge in [-0.1, -0.05) is 18.2 Å². The second-order valence-corrected chi connectivity index (χ2v) is 7.71. The number of alkyl halides is 3. The van der Waals surface area contributed by atoms with Crippen molar-refractivity contribution in [1.29, 1.82) is 0 Å². The fourth-order valence-corrected chi connectivity index (χ4v) is 3.78. The number of hydrogen-bond donors (Lipinski definition) is 2. The van der Waals surface area contributed by atoms with Crippen molar-refractivity contribution in [1.82, 2.24) is 5.32 Å². The molecule has 2 N–H and O–H groups in total. The van der Waals surface area contributed by atoms with E-state index in [1.54, 1.807) is 19.1 Å². The summed E-state index contributed by atoms with van der Waals surface area (Å²) in [6.45, 7) is 1.75. The molecule has 0 aromatic heterocycles. The van der Waals surface area contributed by atoms with Gasteiger partial charge in [0.25, 0.3) is 11.8 Å². The zero-order chi connectivity index (χ0) is 21.6. The fourth-order valence-electron chi connectivity index (χ4n) is 3.78. The van der Waals surface area contributed by atoms with Crippen LogP contribution in [0.2, 0.25) is 0 Å². The summed E-state index contributed by atoms with van der Waals surface area (Å²) in [7, 11) is 0. The highest BCUT2D eigenvalue weighted by Crippen LogP contribution is 2.49. The van der Waals surface area contributed by atoms with Gasteiger partial charge in [0.05, 0.1) is 17.2 Å². The Morgan fingerprint density at radius 1 is 1.20 bits per heavy atom. The molecule has 1 fully saturated rings. The SMILES string of the molecule is Cc1cccc(C(=O)NC2C(F)c3cc(C(=O)O)ccc3C2(F)F)c1OC1CCC1. The zero-order valence-corrected chi connectivity index (χ0v) is 16.1. The molecule has 1 amide bonds. The molecule has 5 nitrogen and oxygen atoms in total. The van der Waals surface area contributed by atoms with Crippen LogP contribution in [0.5, 0.6) is 5.75 Å². The third-order valence-corrected chi connectivity index (χ3v) is 5.72. The van der Waals surface area contributed by atoms with Crippen LogP contribution in [0.15, 0.2) is 36.4 Å². The van der Waals surface area contributed by atoms with E-state index < -0.39 is 41.1 Å². The van der Waals surface area contributed by atoms with E-state index in [-0.39, 0.29) is 17.2 Å². The maximum Gasteiger partial charge on any atom is 0.335 e. The maximum atomic E-state index is 14.9. The topological polar surface area (TPSA) is 75.6 Å². The van der Waals surface area contributed by atoms with Crippen LogP contribution >= 0.6 is 0 Å². The number of rotatable bonds is 5. The Bertz CT molecular complexity index is 1020. The number of nitrogens with one attached hydrogen (secondary N) is 1. The second kappa shape index (κ2) is 7.34. The van der Waals surface area contributed by atoms with E-state index in [1.807, 2.05) is 0 Å². The quantitative estimate of drug-likeness (QED) is 0.746. The molecule has 0 spiro atoms. The molecule has 8 heteroatoms. The molecule has 0 bridgehead atoms. The molecular formula is C22H20F3NO4. The average molecular weight is 419 g/mol. The van der Waals surface area contributed by atoms with Crippen LogP contribution in [0, 0.1) is 6.92 Å². The van der Waals surface area contributed by atoms with E-state index in [9.17, 15) is 22.8 Å². The van der Waals surface area contributed by atoms with E-state index in [1.165, 1.54) is 6.07 Å². The highest BCUT2D eigenvalue weighted by Gasteiger charge is 2.56. The van der Waals surface area contributed by atoms with Crippen molar-refractivity contribution >= 4 is 11.9 Å². The lowest BCUT2D eigenvalue weighted by molar-refractivity contribution is -0.0480. The summed E-state index contributed by atoms with van der Waals surface area (Å²) in [4.78, 5) is 23.9. The van der Waals surface area contributed by atoms with E-state index in [4.69, 9.17) is 9.84 Å². The van der Waals surface area contributed by atoms with Crippen molar-refractivity contribution in [2.75, 3.05) is 0 Å². The molecule has 2 aromatic rings. The number of carbonyl (C=O) groups excluding carboxylic acids is 1. The lowest BCUT2D eigenvalue weighted by Gasteiger charge is -2.29. The third-order valence-electron chi connectivity index (χ3n) is 5.72. The van der Waals surface area contributed by atoms with Crippen LogP contribution in [-0.2, 0) is 5.92 Å². The van der Waals surface area contributed by atoms with E-state index in [2.05, 4.69) is 5.32 Å². The van der Waals surface area contributed by atoms with Crippen LogP contribution in [0.4, 0.5) is 13.2 Å². The molecule has 158 valence electrons. The van der Waals surface area contributed by atoms with E-state index in [0.29, 0.717) is 11.3 Å². The fraction of sp³-hybridized carbons (Fsp3) is 0.364. The van der Waals surface area contributed by atoms with Gasteiger partial charge in [-0.15, -0.1) is 0 Å². The first-order valence-electron chi connectivity index (χ1n) is 9.67. The number of amides is 1. The molecule has 4 rings (SSSR count). The number of hydrogen-bond acceptors (Lipinski definition) is 3. The first kappa shape index (κ1) is 20.3. The molecule has 1 saturated carbocycles. The molecule has 0 aliphatic heterocycles. The van der Waals surface area contributed by atoms with Crippen LogP contribution in [-0.4, -0.2) is 29.1 Å². The monoisotopic (exact) mass is 419 g/mol. The maximum absolute atomic E-state index is 14.9. The summed E-state index contributed by atoms with van der Waals surface area (Å²) in [6.07, 6.45) is 0.442. The van der Waals surface area contributed by atoms with Crippen molar-refractivity contribution in [3.8, 4) is 5.75 Å². The smallest absolute Gasteiger partial charge is 0.335 e. The molecule has 2 aliphatic rings. The number of aryl methyl sites for hydroxylation is 1. The summed E-state index contributed by atoms with van der Waals surface area (Å²) in [6, 6.07) is 5.43. The van der Waals surface area contributed by atoms with Gasteiger partial charge >= 0.3 is 5.97 Å². The van der Waals surface area contributed by atoms with E-state index >= 15 is 0 Å². The summed E-state index contributed by atoms with van der Waals surface area (Å²) in [5.41, 5.74) is -0.610. The summed E-state index contributed by atoms with van der Waals surface area (Å²) >= 11 is 0. The van der Waals surface area contributed by atoms with E-state index in [0.717, 1.165) is 37.5 Å². The van der Waals surface area contributed by atoms with Gasteiger partial charge in [-0.3, -0.25) is 4.79 Å². The molecule has 0 saturated heterocycles. The number of para-hydroxylation sites is 1. The third kappa shape index (κ3) is 3.30. The Morgan fingerprint density at radius 3 is 2.57 bits per heavy atom. The lowest BCUT2D eigenvalue weighted by Crippen LogP contribution is -2.45. The van der Waals surface area contributed by atoms with Gasteiger partial charge in [-0.05, 0) is 55.5 Å². The Morgan fingerprint density at radius 2 is 1.93 bits per heavy atom. The van der Waals surface area contributed by atoms with Crippen LogP contribution in [0.3, 0.4) is 0 Å². The predicted octanol–water partition coefficient (Wildman–Crippen LogP) is 4.54. The number of carboxylic acid groups (broad SMARTS) is 1.